The van der Waals surface area contributed by atoms with Crippen LogP contribution in [0.3, 0.4) is 0 Å². The van der Waals surface area contributed by atoms with Crippen molar-refractivity contribution in [3.8, 4) is 0 Å². The smallest absolute Gasteiger partial charge is 0.160 e. The van der Waals surface area contributed by atoms with Gasteiger partial charge < -0.3 is 4.57 Å². The van der Waals surface area contributed by atoms with Crippen molar-refractivity contribution in [2.45, 2.75) is 58.9 Å². The van der Waals surface area contributed by atoms with Crippen LogP contribution in [0.4, 0.5) is 0 Å². The van der Waals surface area contributed by atoms with Crippen LogP contribution in [-0.4, -0.2) is 14.5 Å². The third kappa shape index (κ3) is 3.51. The highest BCUT2D eigenvalue weighted by molar-refractivity contribution is 6.20. The molecule has 0 saturated carbocycles. The minimum Gasteiger partial charge on any atom is -0.311 e. The highest BCUT2D eigenvalue weighted by atomic mass is 35.5. The van der Waals surface area contributed by atoms with Gasteiger partial charge >= 0.3 is 0 Å². The van der Waals surface area contributed by atoms with Gasteiger partial charge in [0.1, 0.15) is 11.3 Å². The summed E-state index contributed by atoms with van der Waals surface area (Å²) in [6.07, 6.45) is 5.55. The lowest BCUT2D eigenvalue weighted by Crippen LogP contribution is -2.06. The van der Waals surface area contributed by atoms with E-state index in [1.165, 1.54) is 12.8 Å². The number of halogens is 1. The maximum atomic E-state index is 6.27. The van der Waals surface area contributed by atoms with Crippen molar-refractivity contribution in [3.63, 3.8) is 0 Å². The van der Waals surface area contributed by atoms with Crippen LogP contribution in [0.2, 0.25) is 0 Å². The first kappa shape index (κ1) is 15.3. The number of aromatic nitrogens is 3. The maximum Gasteiger partial charge on any atom is 0.160 e. The molecule has 0 aliphatic heterocycles. The quantitative estimate of drug-likeness (QED) is 0.562. The molecule has 0 bridgehead atoms. The number of unbranched alkanes of at least 4 members (excludes halogenated alkanes) is 1. The van der Waals surface area contributed by atoms with Gasteiger partial charge in [-0.1, -0.05) is 26.7 Å². The zero-order chi connectivity index (χ0) is 14.7. The molecule has 2 heterocycles. The SMILES string of the molecule is Cc1cnc2c(c1)nc(C(C)Cl)n2CCCCC(C)C. The second-order valence-corrected chi connectivity index (χ2v) is 6.64. The molecule has 4 heteroatoms. The molecule has 0 aliphatic rings. The summed E-state index contributed by atoms with van der Waals surface area (Å²) in [5, 5.41) is -0.0883. The molecule has 0 amide bonds. The Kier molecular flexibility index (Phi) is 5.03. The van der Waals surface area contributed by atoms with Crippen LogP contribution in [0.25, 0.3) is 11.2 Å². The molecule has 110 valence electrons. The number of fused-ring (bicyclic) bond motifs is 1. The van der Waals surface area contributed by atoms with Gasteiger partial charge in [-0.3, -0.25) is 0 Å². The molecule has 0 aliphatic carbocycles. The number of hydrogen-bond donors (Lipinski definition) is 0. The standard InChI is InChI=1S/C16H24ClN3/c1-11(2)7-5-6-8-20-15(13(4)17)19-14-9-12(3)10-18-16(14)20/h9-11,13H,5-8H2,1-4H3. The van der Waals surface area contributed by atoms with Gasteiger partial charge in [0.25, 0.3) is 0 Å². The number of hydrogen-bond acceptors (Lipinski definition) is 2. The van der Waals surface area contributed by atoms with E-state index in [0.717, 1.165) is 41.4 Å². The molecule has 0 fully saturated rings. The van der Waals surface area contributed by atoms with Crippen molar-refractivity contribution in [2.24, 2.45) is 5.92 Å². The lowest BCUT2D eigenvalue weighted by Gasteiger charge is -2.10. The first-order valence-electron chi connectivity index (χ1n) is 7.46. The van der Waals surface area contributed by atoms with E-state index >= 15 is 0 Å². The van der Waals surface area contributed by atoms with E-state index < -0.39 is 0 Å². The second-order valence-electron chi connectivity index (χ2n) is 5.98. The fraction of sp³-hybridized carbons (Fsp3) is 0.625. The van der Waals surface area contributed by atoms with E-state index in [9.17, 15) is 0 Å². The Morgan fingerprint density at radius 2 is 2.00 bits per heavy atom. The maximum absolute atomic E-state index is 6.27. The van der Waals surface area contributed by atoms with Gasteiger partial charge in [0.05, 0.1) is 5.38 Å². The Bertz CT molecular complexity index is 572. The summed E-state index contributed by atoms with van der Waals surface area (Å²) in [6, 6.07) is 2.08. The molecule has 2 rings (SSSR count). The Hall–Kier alpha value is -1.09. The molecule has 1 atom stereocenters. The summed E-state index contributed by atoms with van der Waals surface area (Å²) in [6.45, 7) is 9.50. The molecular formula is C16H24ClN3. The highest BCUT2D eigenvalue weighted by Gasteiger charge is 2.15. The highest BCUT2D eigenvalue weighted by Crippen LogP contribution is 2.24. The minimum atomic E-state index is -0.0883. The molecule has 2 aromatic rings. The van der Waals surface area contributed by atoms with Gasteiger partial charge in [-0.05, 0) is 37.8 Å². The second kappa shape index (κ2) is 6.57. The lowest BCUT2D eigenvalue weighted by atomic mass is 10.1. The van der Waals surface area contributed by atoms with Gasteiger partial charge in [-0.2, -0.15) is 0 Å². The van der Waals surface area contributed by atoms with E-state index in [-0.39, 0.29) is 5.38 Å². The average molecular weight is 294 g/mol. The summed E-state index contributed by atoms with van der Waals surface area (Å²) in [7, 11) is 0. The Morgan fingerprint density at radius 1 is 1.25 bits per heavy atom. The van der Waals surface area contributed by atoms with Gasteiger partial charge in [-0.25, -0.2) is 9.97 Å². The summed E-state index contributed by atoms with van der Waals surface area (Å²) in [5.74, 6) is 1.70. The van der Waals surface area contributed by atoms with Gasteiger partial charge in [0.15, 0.2) is 5.65 Å². The van der Waals surface area contributed by atoms with E-state index in [2.05, 4.69) is 34.4 Å². The Morgan fingerprint density at radius 3 is 2.65 bits per heavy atom. The molecule has 3 nitrogen and oxygen atoms in total. The van der Waals surface area contributed by atoms with Crippen LogP contribution in [0, 0.1) is 12.8 Å². The average Bonchev–Trinajstić information content (AvgIpc) is 2.72. The van der Waals surface area contributed by atoms with Crippen LogP contribution in [0.1, 0.15) is 56.8 Å². The van der Waals surface area contributed by atoms with Gasteiger partial charge in [0.2, 0.25) is 0 Å². The van der Waals surface area contributed by atoms with Crippen molar-refractivity contribution in [2.75, 3.05) is 0 Å². The van der Waals surface area contributed by atoms with E-state index in [0.29, 0.717) is 0 Å². The third-order valence-electron chi connectivity index (χ3n) is 3.52. The summed E-state index contributed by atoms with van der Waals surface area (Å²) in [5.41, 5.74) is 3.05. The molecule has 1 unspecified atom stereocenters. The summed E-state index contributed by atoms with van der Waals surface area (Å²) >= 11 is 6.27. The van der Waals surface area contributed by atoms with E-state index in [4.69, 9.17) is 11.6 Å². The van der Waals surface area contributed by atoms with Crippen LogP contribution in [-0.2, 0) is 6.54 Å². The molecular weight excluding hydrogens is 270 g/mol. The van der Waals surface area contributed by atoms with Crippen molar-refractivity contribution < 1.29 is 0 Å². The Balaban J connectivity index is 2.22. The molecule has 0 radical (unpaired) electrons. The fourth-order valence-corrected chi connectivity index (χ4v) is 2.64. The van der Waals surface area contributed by atoms with Crippen LogP contribution < -0.4 is 0 Å². The van der Waals surface area contributed by atoms with E-state index in [1.54, 1.807) is 0 Å². The normalized spacial score (nSPS) is 13.3. The predicted octanol–water partition coefficient (Wildman–Crippen LogP) is 4.87. The summed E-state index contributed by atoms with van der Waals surface area (Å²) in [4.78, 5) is 9.19. The number of pyridine rings is 1. The Labute approximate surface area is 126 Å². The first-order chi connectivity index (χ1) is 9.49. The monoisotopic (exact) mass is 293 g/mol. The third-order valence-corrected chi connectivity index (χ3v) is 3.72. The van der Waals surface area contributed by atoms with E-state index in [1.807, 2.05) is 20.0 Å². The summed E-state index contributed by atoms with van der Waals surface area (Å²) < 4.78 is 2.19. The minimum absolute atomic E-state index is 0.0883. The zero-order valence-corrected chi connectivity index (χ0v) is 13.6. The van der Waals surface area contributed by atoms with Crippen molar-refractivity contribution in [3.05, 3.63) is 23.7 Å². The van der Waals surface area contributed by atoms with Crippen LogP contribution >= 0.6 is 11.6 Å². The predicted molar refractivity (Wildman–Crippen MR) is 85.2 cm³/mol. The molecule has 0 N–H and O–H groups in total. The van der Waals surface area contributed by atoms with Crippen LogP contribution in [0.15, 0.2) is 12.3 Å². The molecule has 20 heavy (non-hydrogen) atoms. The molecule has 2 aromatic heterocycles. The lowest BCUT2D eigenvalue weighted by molar-refractivity contribution is 0.506. The number of imidazole rings is 1. The molecule has 0 saturated heterocycles. The van der Waals surface area contributed by atoms with Crippen molar-refractivity contribution >= 4 is 22.8 Å². The number of nitrogens with zero attached hydrogens (tertiary/aromatic N) is 3. The van der Waals surface area contributed by atoms with Crippen molar-refractivity contribution in [1.82, 2.24) is 14.5 Å². The largest absolute Gasteiger partial charge is 0.311 e. The van der Waals surface area contributed by atoms with Crippen LogP contribution in [0.5, 0.6) is 0 Å². The zero-order valence-electron chi connectivity index (χ0n) is 12.9. The number of rotatable bonds is 6. The van der Waals surface area contributed by atoms with Gasteiger partial charge in [0, 0.05) is 12.7 Å². The molecule has 0 aromatic carbocycles. The number of alkyl halides is 1. The first-order valence-corrected chi connectivity index (χ1v) is 7.89. The topological polar surface area (TPSA) is 30.7 Å². The van der Waals surface area contributed by atoms with Gasteiger partial charge in [-0.15, -0.1) is 11.6 Å². The fourth-order valence-electron chi connectivity index (χ4n) is 2.48. The molecule has 0 spiro atoms. The number of aryl methyl sites for hydroxylation is 2. The van der Waals surface area contributed by atoms with Crippen molar-refractivity contribution in [1.29, 1.82) is 0 Å².